The van der Waals surface area contributed by atoms with Crippen molar-refractivity contribution in [1.82, 2.24) is 9.97 Å². The number of carbonyl (C=O) groups excluding carboxylic acids is 1. The minimum Gasteiger partial charge on any atom is -0.480 e. The van der Waals surface area contributed by atoms with Crippen molar-refractivity contribution in [3.05, 3.63) is 17.3 Å². The first-order valence-corrected chi connectivity index (χ1v) is 7.42. The van der Waals surface area contributed by atoms with Crippen LogP contribution in [-0.4, -0.2) is 39.3 Å². The molecule has 1 N–H and O–H groups in total. The van der Waals surface area contributed by atoms with Gasteiger partial charge in [0, 0.05) is 4.88 Å². The summed E-state index contributed by atoms with van der Waals surface area (Å²) >= 11 is 1.45. The number of anilines is 1. The molecule has 2 rings (SSSR count). The zero-order chi connectivity index (χ0) is 16.5. The molecular weight excluding hydrogens is 306 g/mol. The molecule has 0 unspecified atom stereocenters. The number of carboxylic acid groups (broad SMARTS) is 1. The summed E-state index contributed by atoms with van der Waals surface area (Å²) in [6.07, 6.45) is 0.561. The van der Waals surface area contributed by atoms with Gasteiger partial charge in [0.25, 0.3) is 0 Å². The molecule has 118 valence electrons. The Bertz CT molecular complexity index is 720. The van der Waals surface area contributed by atoms with Crippen molar-refractivity contribution in [2.24, 2.45) is 0 Å². The van der Waals surface area contributed by atoms with Gasteiger partial charge in [-0.3, -0.25) is 4.79 Å². The number of carboxylic acids is 1. The normalized spacial score (nSPS) is 11.5. The number of hydrogen-bond acceptors (Lipinski definition) is 6. The van der Waals surface area contributed by atoms with E-state index >= 15 is 0 Å². The van der Waals surface area contributed by atoms with Crippen LogP contribution in [0.5, 0.6) is 0 Å². The van der Waals surface area contributed by atoms with Gasteiger partial charge in [0.1, 0.15) is 23.3 Å². The fourth-order valence-corrected chi connectivity index (χ4v) is 2.70. The third-order valence-electron chi connectivity index (χ3n) is 2.59. The van der Waals surface area contributed by atoms with Gasteiger partial charge in [-0.1, -0.05) is 0 Å². The Kier molecular flexibility index (Phi) is 4.32. The van der Waals surface area contributed by atoms with Crippen molar-refractivity contribution in [2.45, 2.75) is 33.3 Å². The van der Waals surface area contributed by atoms with Gasteiger partial charge in [-0.05, 0) is 33.8 Å². The van der Waals surface area contributed by atoms with Crippen molar-refractivity contribution >= 4 is 39.4 Å². The highest BCUT2D eigenvalue weighted by Gasteiger charge is 2.28. The number of fused-ring (bicyclic) bond motifs is 1. The largest absolute Gasteiger partial charge is 0.480 e. The van der Waals surface area contributed by atoms with Gasteiger partial charge < -0.3 is 9.84 Å². The molecule has 2 aromatic heterocycles. The van der Waals surface area contributed by atoms with Gasteiger partial charge in [-0.2, -0.15) is 0 Å². The average molecular weight is 323 g/mol. The summed E-state index contributed by atoms with van der Waals surface area (Å²) in [5, 5.41) is 9.72. The first-order chi connectivity index (χ1) is 10.2. The maximum atomic E-state index is 12.3. The molecule has 2 heterocycles. The molecule has 0 saturated heterocycles. The van der Waals surface area contributed by atoms with Gasteiger partial charge in [0.2, 0.25) is 0 Å². The summed E-state index contributed by atoms with van der Waals surface area (Å²) in [5.74, 6) is -0.907. The van der Waals surface area contributed by atoms with Crippen LogP contribution in [0.4, 0.5) is 10.6 Å². The SMILES string of the molecule is Cc1cc2c(N(CC(=O)O)C(=O)OC(C)(C)C)ncnc2s1. The van der Waals surface area contributed by atoms with E-state index in [0.29, 0.717) is 10.2 Å². The van der Waals surface area contributed by atoms with E-state index in [1.54, 1.807) is 20.8 Å². The molecule has 8 heteroatoms. The third-order valence-corrected chi connectivity index (χ3v) is 3.55. The van der Waals surface area contributed by atoms with Gasteiger partial charge in [0.05, 0.1) is 5.39 Å². The van der Waals surface area contributed by atoms with Crippen molar-refractivity contribution < 1.29 is 19.4 Å². The lowest BCUT2D eigenvalue weighted by atomic mass is 10.2. The zero-order valence-corrected chi connectivity index (χ0v) is 13.6. The quantitative estimate of drug-likeness (QED) is 0.933. The summed E-state index contributed by atoms with van der Waals surface area (Å²) in [6.45, 7) is 6.53. The predicted octanol–water partition coefficient (Wildman–Crippen LogP) is 2.83. The number of aliphatic carboxylic acids is 1. The van der Waals surface area contributed by atoms with Crippen molar-refractivity contribution in [2.75, 3.05) is 11.4 Å². The van der Waals surface area contributed by atoms with Crippen LogP contribution in [0, 0.1) is 6.92 Å². The monoisotopic (exact) mass is 323 g/mol. The first kappa shape index (κ1) is 16.2. The summed E-state index contributed by atoms with van der Waals surface area (Å²) in [7, 11) is 0. The molecular formula is C14H17N3O4S. The molecule has 0 aliphatic rings. The lowest BCUT2D eigenvalue weighted by Gasteiger charge is -2.25. The van der Waals surface area contributed by atoms with Crippen molar-refractivity contribution in [1.29, 1.82) is 0 Å². The van der Waals surface area contributed by atoms with Crippen LogP contribution < -0.4 is 4.90 Å². The van der Waals surface area contributed by atoms with Crippen LogP contribution in [0.3, 0.4) is 0 Å². The average Bonchev–Trinajstić information content (AvgIpc) is 2.73. The third kappa shape index (κ3) is 3.70. The molecule has 0 aliphatic carbocycles. The standard InChI is InChI=1S/C14H17N3O4S/c1-8-5-9-11(15-7-16-12(9)22-8)17(6-10(18)19)13(20)21-14(2,3)4/h5,7H,6H2,1-4H3,(H,18,19). The van der Waals surface area contributed by atoms with Crippen LogP contribution in [-0.2, 0) is 9.53 Å². The van der Waals surface area contributed by atoms with E-state index in [-0.39, 0.29) is 5.82 Å². The summed E-state index contributed by atoms with van der Waals surface area (Å²) in [4.78, 5) is 34.4. The van der Waals surface area contributed by atoms with E-state index in [4.69, 9.17) is 9.84 Å². The fraction of sp³-hybridized carbons (Fsp3) is 0.429. The van der Waals surface area contributed by atoms with Crippen molar-refractivity contribution in [3.63, 3.8) is 0 Å². The number of aromatic nitrogens is 2. The Balaban J connectivity index is 2.47. The lowest BCUT2D eigenvalue weighted by molar-refractivity contribution is -0.135. The highest BCUT2D eigenvalue weighted by Crippen LogP contribution is 2.30. The van der Waals surface area contributed by atoms with E-state index in [1.165, 1.54) is 17.7 Å². The minimum absolute atomic E-state index is 0.242. The summed E-state index contributed by atoms with van der Waals surface area (Å²) in [6, 6.07) is 1.83. The molecule has 0 aliphatic heterocycles. The smallest absolute Gasteiger partial charge is 0.416 e. The maximum Gasteiger partial charge on any atom is 0.416 e. The molecule has 0 radical (unpaired) electrons. The Hall–Kier alpha value is -2.22. The molecule has 22 heavy (non-hydrogen) atoms. The highest BCUT2D eigenvalue weighted by atomic mass is 32.1. The number of hydrogen-bond donors (Lipinski definition) is 1. The van der Waals surface area contributed by atoms with Gasteiger partial charge in [0.15, 0.2) is 5.82 Å². The molecule has 1 amide bonds. The van der Waals surface area contributed by atoms with Crippen LogP contribution in [0.25, 0.3) is 10.2 Å². The molecule has 0 bridgehead atoms. The van der Waals surface area contributed by atoms with Crippen LogP contribution in [0.15, 0.2) is 12.4 Å². The van der Waals surface area contributed by atoms with Gasteiger partial charge in [-0.15, -0.1) is 11.3 Å². The Morgan fingerprint density at radius 2 is 2.05 bits per heavy atom. The number of rotatable bonds is 3. The number of nitrogens with zero attached hydrogens (tertiary/aromatic N) is 3. The summed E-state index contributed by atoms with van der Waals surface area (Å²) < 4.78 is 5.28. The first-order valence-electron chi connectivity index (χ1n) is 6.61. The molecule has 0 aromatic carbocycles. The molecule has 7 nitrogen and oxygen atoms in total. The number of thiophene rings is 1. The molecule has 0 atom stereocenters. The van der Waals surface area contributed by atoms with Gasteiger partial charge in [-0.25, -0.2) is 19.7 Å². The molecule has 2 aromatic rings. The van der Waals surface area contributed by atoms with Crippen LogP contribution in [0.2, 0.25) is 0 Å². The van der Waals surface area contributed by atoms with E-state index in [0.717, 1.165) is 9.78 Å². The number of amides is 1. The Morgan fingerprint density at radius 1 is 1.36 bits per heavy atom. The number of carbonyl (C=O) groups is 2. The Morgan fingerprint density at radius 3 is 2.64 bits per heavy atom. The molecule has 0 spiro atoms. The van der Waals surface area contributed by atoms with Crippen molar-refractivity contribution in [3.8, 4) is 0 Å². The summed E-state index contributed by atoms with van der Waals surface area (Å²) in [5.41, 5.74) is -0.732. The van der Waals surface area contributed by atoms with E-state index in [2.05, 4.69) is 9.97 Å². The Labute approximate surface area is 131 Å². The highest BCUT2D eigenvalue weighted by molar-refractivity contribution is 7.18. The predicted molar refractivity (Wildman–Crippen MR) is 83.4 cm³/mol. The second-order valence-corrected chi connectivity index (χ2v) is 6.97. The molecule has 0 saturated carbocycles. The maximum absolute atomic E-state index is 12.3. The second kappa shape index (κ2) is 5.88. The lowest BCUT2D eigenvalue weighted by Crippen LogP contribution is -2.40. The van der Waals surface area contributed by atoms with E-state index < -0.39 is 24.2 Å². The second-order valence-electron chi connectivity index (χ2n) is 5.73. The van der Waals surface area contributed by atoms with E-state index in [9.17, 15) is 9.59 Å². The fourth-order valence-electron chi connectivity index (χ4n) is 1.86. The van der Waals surface area contributed by atoms with Gasteiger partial charge >= 0.3 is 12.1 Å². The molecule has 0 fully saturated rings. The number of ether oxygens (including phenoxy) is 1. The topological polar surface area (TPSA) is 92.6 Å². The minimum atomic E-state index is -1.15. The van der Waals surface area contributed by atoms with E-state index in [1.807, 2.05) is 13.0 Å². The number of aryl methyl sites for hydroxylation is 1. The van der Waals surface area contributed by atoms with Crippen LogP contribution >= 0.6 is 11.3 Å². The van der Waals surface area contributed by atoms with Crippen LogP contribution in [0.1, 0.15) is 25.6 Å². The zero-order valence-electron chi connectivity index (χ0n) is 12.8.